The van der Waals surface area contributed by atoms with Crippen LogP contribution in [0, 0.1) is 0 Å². The minimum atomic E-state index is 0.962. The van der Waals surface area contributed by atoms with Gasteiger partial charge in [-0.3, -0.25) is 4.98 Å². The summed E-state index contributed by atoms with van der Waals surface area (Å²) >= 11 is 0. The fraction of sp³-hybridized carbons (Fsp3) is 0.0167. The van der Waals surface area contributed by atoms with Crippen molar-refractivity contribution in [3.05, 3.63) is 218 Å². The van der Waals surface area contributed by atoms with Crippen molar-refractivity contribution in [2.75, 3.05) is 0 Å². The molecule has 0 unspecified atom stereocenters. The van der Waals surface area contributed by atoms with E-state index in [9.17, 15) is 0 Å². The van der Waals surface area contributed by atoms with Crippen LogP contribution in [0.15, 0.2) is 206 Å². The van der Waals surface area contributed by atoms with Crippen LogP contribution in [0.4, 0.5) is 0 Å². The third-order valence-corrected chi connectivity index (χ3v) is 14.2. The SMILES string of the molecule is C1=Cc2ccc(-n3c4ccccc4c4ccc5c6ccccc6n(-c6ccc(-n7c8ccccc8c8ccc9c(c%10ccccc%10n9-c9ccc%10cccnc%10c9)c87)cc6)c5c43)cc2C1. The van der Waals surface area contributed by atoms with Crippen molar-refractivity contribution in [3.8, 4) is 22.7 Å². The monoisotopic (exact) mass is 827 g/mol. The first kappa shape index (κ1) is 34.9. The predicted molar refractivity (Wildman–Crippen MR) is 272 cm³/mol. The molecule has 15 rings (SSSR count). The van der Waals surface area contributed by atoms with Gasteiger partial charge >= 0.3 is 0 Å². The molecule has 0 atom stereocenters. The number of aromatic nitrogens is 5. The van der Waals surface area contributed by atoms with Gasteiger partial charge in [-0.25, -0.2) is 0 Å². The predicted octanol–water partition coefficient (Wildman–Crippen LogP) is 15.2. The molecule has 1 aliphatic rings. The van der Waals surface area contributed by atoms with E-state index in [4.69, 9.17) is 4.98 Å². The maximum Gasteiger partial charge on any atom is 0.0788 e. The molecule has 0 aliphatic heterocycles. The molecular weight excluding hydrogens is 791 g/mol. The first-order valence-electron chi connectivity index (χ1n) is 22.4. The van der Waals surface area contributed by atoms with E-state index in [0.29, 0.717) is 0 Å². The number of nitrogens with zero attached hydrogens (tertiary/aromatic N) is 5. The first-order chi connectivity index (χ1) is 32.3. The number of pyridine rings is 1. The van der Waals surface area contributed by atoms with Gasteiger partial charge in [-0.05, 0) is 102 Å². The number of hydrogen-bond donors (Lipinski definition) is 0. The first-order valence-corrected chi connectivity index (χ1v) is 22.4. The van der Waals surface area contributed by atoms with Crippen LogP contribution in [-0.4, -0.2) is 23.3 Å². The van der Waals surface area contributed by atoms with Gasteiger partial charge in [0.1, 0.15) is 0 Å². The second-order valence-electron chi connectivity index (χ2n) is 17.5. The van der Waals surface area contributed by atoms with Gasteiger partial charge in [0, 0.05) is 77.4 Å². The lowest BCUT2D eigenvalue weighted by atomic mass is 10.1. The van der Waals surface area contributed by atoms with Crippen molar-refractivity contribution in [3.63, 3.8) is 0 Å². The Labute approximate surface area is 372 Å². The molecule has 0 N–H and O–H groups in total. The van der Waals surface area contributed by atoms with Gasteiger partial charge in [-0.2, -0.15) is 0 Å². The van der Waals surface area contributed by atoms with E-state index in [1.54, 1.807) is 0 Å². The van der Waals surface area contributed by atoms with Crippen molar-refractivity contribution >= 4 is 104 Å². The van der Waals surface area contributed by atoms with E-state index in [1.165, 1.54) is 104 Å². The van der Waals surface area contributed by atoms with E-state index in [0.717, 1.165) is 34.4 Å². The maximum absolute atomic E-state index is 4.73. The third-order valence-electron chi connectivity index (χ3n) is 14.2. The van der Waals surface area contributed by atoms with Crippen LogP contribution in [0.25, 0.3) is 127 Å². The molecule has 0 saturated heterocycles. The molecule has 5 heteroatoms. The van der Waals surface area contributed by atoms with Gasteiger partial charge in [0.15, 0.2) is 0 Å². The summed E-state index contributed by atoms with van der Waals surface area (Å²) in [7, 11) is 0. The van der Waals surface area contributed by atoms with Crippen LogP contribution in [-0.2, 0) is 6.42 Å². The van der Waals surface area contributed by atoms with E-state index in [2.05, 4.69) is 218 Å². The molecule has 5 nitrogen and oxygen atoms in total. The summed E-state index contributed by atoms with van der Waals surface area (Å²) in [4.78, 5) is 4.73. The third kappa shape index (κ3) is 4.73. The zero-order valence-electron chi connectivity index (χ0n) is 35.2. The molecule has 0 spiro atoms. The Morgan fingerprint density at radius 1 is 0.354 bits per heavy atom. The Hall–Kier alpha value is -8.67. The van der Waals surface area contributed by atoms with E-state index >= 15 is 0 Å². The van der Waals surface area contributed by atoms with Gasteiger partial charge in [0.05, 0.1) is 49.7 Å². The zero-order valence-corrected chi connectivity index (χ0v) is 35.2. The minimum Gasteiger partial charge on any atom is -0.309 e. The summed E-state index contributed by atoms with van der Waals surface area (Å²) in [5, 5.41) is 11.1. The molecule has 0 amide bonds. The summed E-state index contributed by atoms with van der Waals surface area (Å²) in [5.41, 5.74) is 17.7. The zero-order chi connectivity index (χ0) is 42.3. The minimum absolute atomic E-state index is 0.962. The molecule has 0 bridgehead atoms. The highest BCUT2D eigenvalue weighted by molar-refractivity contribution is 6.27. The van der Waals surface area contributed by atoms with Crippen LogP contribution in [0.2, 0.25) is 0 Å². The summed E-state index contributed by atoms with van der Waals surface area (Å²) in [5.74, 6) is 0. The van der Waals surface area contributed by atoms with Crippen molar-refractivity contribution < 1.29 is 0 Å². The summed E-state index contributed by atoms with van der Waals surface area (Å²) in [6.07, 6.45) is 7.35. The van der Waals surface area contributed by atoms with Crippen LogP contribution >= 0.6 is 0 Å². The Morgan fingerprint density at radius 3 is 1.52 bits per heavy atom. The molecule has 5 heterocycles. The lowest BCUT2D eigenvalue weighted by molar-refractivity contribution is 1.13. The summed E-state index contributed by atoms with van der Waals surface area (Å²) < 4.78 is 9.90. The fourth-order valence-corrected chi connectivity index (χ4v) is 11.4. The molecular formula is C60H37N5. The Kier molecular flexibility index (Phi) is 6.94. The van der Waals surface area contributed by atoms with Gasteiger partial charge in [-0.1, -0.05) is 121 Å². The molecule has 14 aromatic rings. The lowest BCUT2D eigenvalue weighted by Gasteiger charge is -2.15. The fourth-order valence-electron chi connectivity index (χ4n) is 11.4. The lowest BCUT2D eigenvalue weighted by Crippen LogP contribution is -2.00. The van der Waals surface area contributed by atoms with Crippen LogP contribution in [0.1, 0.15) is 11.1 Å². The van der Waals surface area contributed by atoms with Crippen LogP contribution < -0.4 is 0 Å². The maximum atomic E-state index is 4.73. The standard InChI is InChI=1S/C60H37N5/c1-5-18-52-44(14-1)47-32-33-56-57(50-17-4-8-21-55(50)62(56)43-25-23-38-13-10-34-61-51(38)36-43)58(47)63(52)40-26-28-41(29-27-40)64-53-19-6-2-15-45(53)48-30-31-49-46-16-3-7-20-54(46)65(60(49)59(48)64)42-24-22-37-11-9-12-39(37)35-42/h1-11,13-36H,12H2. The molecule has 9 aromatic carbocycles. The van der Waals surface area contributed by atoms with Crippen LogP contribution in [0.5, 0.6) is 0 Å². The van der Waals surface area contributed by atoms with Gasteiger partial charge in [0.2, 0.25) is 0 Å². The van der Waals surface area contributed by atoms with Crippen molar-refractivity contribution in [1.82, 2.24) is 23.3 Å². The Bertz CT molecular complexity index is 4380. The average Bonchev–Trinajstić information content (AvgIpc) is 4.19. The van der Waals surface area contributed by atoms with Crippen molar-refractivity contribution in [1.29, 1.82) is 0 Å². The van der Waals surface area contributed by atoms with E-state index in [-0.39, 0.29) is 0 Å². The summed E-state index contributed by atoms with van der Waals surface area (Å²) in [6, 6.07) is 71.7. The molecule has 1 aliphatic carbocycles. The number of allylic oxidation sites excluding steroid dienone is 1. The normalized spacial score (nSPS) is 12.8. The molecule has 65 heavy (non-hydrogen) atoms. The quantitative estimate of drug-likeness (QED) is 0.174. The number of benzene rings is 9. The average molecular weight is 828 g/mol. The van der Waals surface area contributed by atoms with Crippen LogP contribution in [0.3, 0.4) is 0 Å². The summed E-state index contributed by atoms with van der Waals surface area (Å²) in [6.45, 7) is 0. The molecule has 0 fully saturated rings. The molecule has 302 valence electrons. The number of fused-ring (bicyclic) bond motifs is 16. The Morgan fingerprint density at radius 2 is 0.862 bits per heavy atom. The van der Waals surface area contributed by atoms with E-state index < -0.39 is 0 Å². The molecule has 0 radical (unpaired) electrons. The van der Waals surface area contributed by atoms with Gasteiger partial charge < -0.3 is 18.3 Å². The Balaban J connectivity index is 0.991. The number of rotatable bonds is 4. The van der Waals surface area contributed by atoms with Crippen molar-refractivity contribution in [2.24, 2.45) is 0 Å². The highest BCUT2D eigenvalue weighted by Gasteiger charge is 2.24. The number of para-hydroxylation sites is 4. The van der Waals surface area contributed by atoms with Crippen molar-refractivity contribution in [2.45, 2.75) is 6.42 Å². The van der Waals surface area contributed by atoms with Gasteiger partial charge in [-0.15, -0.1) is 0 Å². The molecule has 0 saturated carbocycles. The van der Waals surface area contributed by atoms with E-state index in [1.807, 2.05) is 12.3 Å². The number of hydrogen-bond acceptors (Lipinski definition) is 1. The topological polar surface area (TPSA) is 32.6 Å². The smallest absolute Gasteiger partial charge is 0.0788 e. The highest BCUT2D eigenvalue weighted by atomic mass is 15.1. The molecule has 5 aromatic heterocycles. The largest absolute Gasteiger partial charge is 0.309 e. The highest BCUT2D eigenvalue weighted by Crippen LogP contribution is 2.44. The second-order valence-corrected chi connectivity index (χ2v) is 17.5. The second kappa shape index (κ2) is 12.9. The van der Waals surface area contributed by atoms with Gasteiger partial charge in [0.25, 0.3) is 0 Å².